The van der Waals surface area contributed by atoms with E-state index in [4.69, 9.17) is 4.74 Å². The van der Waals surface area contributed by atoms with Crippen molar-refractivity contribution in [3.05, 3.63) is 30.5 Å². The molecule has 4 heteroatoms. The summed E-state index contributed by atoms with van der Waals surface area (Å²) in [6.45, 7) is 2.85. The summed E-state index contributed by atoms with van der Waals surface area (Å²) in [5.41, 5.74) is 1.81. The molecule has 0 N–H and O–H groups in total. The van der Waals surface area contributed by atoms with Crippen LogP contribution in [-0.2, 0) is 6.54 Å². The summed E-state index contributed by atoms with van der Waals surface area (Å²) in [5, 5.41) is 8.10. The van der Waals surface area contributed by atoms with E-state index in [-0.39, 0.29) is 0 Å². The third-order valence-electron chi connectivity index (χ3n) is 2.25. The molecule has 4 nitrogen and oxygen atoms in total. The summed E-state index contributed by atoms with van der Waals surface area (Å²) in [4.78, 5) is 0. The monoisotopic (exact) mass is 203 g/mol. The number of aromatic nitrogens is 3. The van der Waals surface area contributed by atoms with Gasteiger partial charge in [0.05, 0.1) is 13.3 Å². The van der Waals surface area contributed by atoms with Gasteiger partial charge in [-0.2, -0.15) is 0 Å². The van der Waals surface area contributed by atoms with Gasteiger partial charge in [0.2, 0.25) is 0 Å². The topological polar surface area (TPSA) is 39.9 Å². The van der Waals surface area contributed by atoms with Crippen molar-refractivity contribution in [1.82, 2.24) is 15.0 Å². The molecule has 15 heavy (non-hydrogen) atoms. The van der Waals surface area contributed by atoms with Gasteiger partial charge in [-0.05, 0) is 19.1 Å². The molecule has 1 heterocycles. The van der Waals surface area contributed by atoms with Crippen LogP contribution in [0.2, 0.25) is 0 Å². The lowest BCUT2D eigenvalue weighted by Crippen LogP contribution is -1.93. The molecule has 0 fully saturated rings. The fourth-order valence-electron chi connectivity index (χ4n) is 1.43. The van der Waals surface area contributed by atoms with Crippen LogP contribution in [0.5, 0.6) is 5.75 Å². The Kier molecular flexibility index (Phi) is 2.67. The number of ether oxygens (including phenoxy) is 1. The molecule has 0 atom stereocenters. The van der Waals surface area contributed by atoms with Gasteiger partial charge in [0.25, 0.3) is 0 Å². The number of para-hydroxylation sites is 1. The Labute approximate surface area is 88.5 Å². The molecular weight excluding hydrogens is 190 g/mol. The lowest BCUT2D eigenvalue weighted by atomic mass is 10.1. The summed E-state index contributed by atoms with van der Waals surface area (Å²) < 4.78 is 7.06. The summed E-state index contributed by atoms with van der Waals surface area (Å²) >= 11 is 0. The maximum atomic E-state index is 5.27. The van der Waals surface area contributed by atoms with Crippen molar-refractivity contribution in [2.45, 2.75) is 13.5 Å². The van der Waals surface area contributed by atoms with Crippen molar-refractivity contribution in [3.8, 4) is 17.0 Å². The number of hydrogen-bond acceptors (Lipinski definition) is 3. The molecule has 0 radical (unpaired) electrons. The van der Waals surface area contributed by atoms with Crippen molar-refractivity contribution in [2.75, 3.05) is 7.11 Å². The van der Waals surface area contributed by atoms with Gasteiger partial charge in [-0.15, -0.1) is 5.10 Å². The molecular formula is C11H13N3O. The fraction of sp³-hybridized carbons (Fsp3) is 0.273. The minimum atomic E-state index is 0.820. The van der Waals surface area contributed by atoms with E-state index in [9.17, 15) is 0 Å². The van der Waals surface area contributed by atoms with E-state index < -0.39 is 0 Å². The highest BCUT2D eigenvalue weighted by Crippen LogP contribution is 2.27. The molecule has 2 rings (SSSR count). The van der Waals surface area contributed by atoms with E-state index in [1.54, 1.807) is 11.8 Å². The summed E-state index contributed by atoms with van der Waals surface area (Å²) in [5.74, 6) is 0.820. The van der Waals surface area contributed by atoms with Crippen molar-refractivity contribution in [3.63, 3.8) is 0 Å². The quantitative estimate of drug-likeness (QED) is 0.765. The normalized spacial score (nSPS) is 10.3. The highest BCUT2D eigenvalue weighted by atomic mass is 16.5. The lowest BCUT2D eigenvalue weighted by molar-refractivity contribution is 0.416. The largest absolute Gasteiger partial charge is 0.496 e. The first-order chi connectivity index (χ1) is 7.35. The van der Waals surface area contributed by atoms with E-state index in [1.807, 2.05) is 37.4 Å². The minimum Gasteiger partial charge on any atom is -0.496 e. The van der Waals surface area contributed by atoms with E-state index in [2.05, 4.69) is 10.3 Å². The van der Waals surface area contributed by atoms with Crippen LogP contribution in [0.4, 0.5) is 0 Å². The maximum absolute atomic E-state index is 5.27. The van der Waals surface area contributed by atoms with Gasteiger partial charge in [0.15, 0.2) is 0 Å². The first-order valence-electron chi connectivity index (χ1n) is 4.88. The first kappa shape index (κ1) is 9.71. The average molecular weight is 203 g/mol. The third-order valence-corrected chi connectivity index (χ3v) is 2.25. The van der Waals surface area contributed by atoms with Crippen molar-refractivity contribution in [1.29, 1.82) is 0 Å². The lowest BCUT2D eigenvalue weighted by Gasteiger charge is -2.03. The fourth-order valence-corrected chi connectivity index (χ4v) is 1.43. The van der Waals surface area contributed by atoms with Crippen molar-refractivity contribution in [2.24, 2.45) is 0 Å². The maximum Gasteiger partial charge on any atom is 0.128 e. The molecule has 0 aliphatic heterocycles. The Bertz CT molecular complexity index is 451. The Morgan fingerprint density at radius 2 is 2.13 bits per heavy atom. The zero-order valence-corrected chi connectivity index (χ0v) is 8.84. The van der Waals surface area contributed by atoms with Crippen LogP contribution in [0.15, 0.2) is 30.5 Å². The Morgan fingerprint density at radius 3 is 2.80 bits per heavy atom. The number of methoxy groups -OCH3 is 1. The molecule has 0 aliphatic carbocycles. The van der Waals surface area contributed by atoms with Gasteiger partial charge in [-0.1, -0.05) is 17.3 Å². The predicted octanol–water partition coefficient (Wildman–Crippen LogP) is 1.97. The second-order valence-electron chi connectivity index (χ2n) is 3.16. The summed E-state index contributed by atoms with van der Waals surface area (Å²) in [6, 6.07) is 7.79. The Balaban J connectivity index is 2.44. The zero-order chi connectivity index (χ0) is 10.7. The van der Waals surface area contributed by atoms with Crippen LogP contribution in [0.1, 0.15) is 6.92 Å². The predicted molar refractivity (Wildman–Crippen MR) is 57.7 cm³/mol. The van der Waals surface area contributed by atoms with Crippen LogP contribution in [0.3, 0.4) is 0 Å². The summed E-state index contributed by atoms with van der Waals surface area (Å²) in [6.07, 6.45) is 1.91. The van der Waals surface area contributed by atoms with Gasteiger partial charge in [0, 0.05) is 12.1 Å². The number of nitrogens with zero attached hydrogens (tertiary/aromatic N) is 3. The molecule has 0 unspecified atom stereocenters. The molecule has 0 spiro atoms. The van der Waals surface area contributed by atoms with Crippen LogP contribution < -0.4 is 4.74 Å². The standard InChI is InChI=1S/C11H13N3O/c1-3-14-8-10(12-13-14)9-6-4-5-7-11(9)15-2/h4-8H,3H2,1-2H3. The van der Waals surface area contributed by atoms with Gasteiger partial charge in [-0.25, -0.2) is 0 Å². The second kappa shape index (κ2) is 4.13. The highest BCUT2D eigenvalue weighted by molar-refractivity contribution is 5.65. The number of benzene rings is 1. The number of aryl methyl sites for hydroxylation is 1. The van der Waals surface area contributed by atoms with E-state index in [0.717, 1.165) is 23.6 Å². The zero-order valence-electron chi connectivity index (χ0n) is 8.84. The molecule has 0 aliphatic rings. The van der Waals surface area contributed by atoms with Gasteiger partial charge in [0.1, 0.15) is 11.4 Å². The van der Waals surface area contributed by atoms with Gasteiger partial charge >= 0.3 is 0 Å². The smallest absolute Gasteiger partial charge is 0.128 e. The van der Waals surface area contributed by atoms with Crippen molar-refractivity contribution < 1.29 is 4.74 Å². The molecule has 0 amide bonds. The van der Waals surface area contributed by atoms with E-state index >= 15 is 0 Å². The minimum absolute atomic E-state index is 0.820. The molecule has 1 aromatic heterocycles. The average Bonchev–Trinajstić information content (AvgIpc) is 2.77. The van der Waals surface area contributed by atoms with Gasteiger partial charge < -0.3 is 4.74 Å². The molecule has 0 bridgehead atoms. The van der Waals surface area contributed by atoms with E-state index in [0.29, 0.717) is 0 Å². The SMILES string of the molecule is CCn1cc(-c2ccccc2OC)nn1. The van der Waals surface area contributed by atoms with Crippen LogP contribution in [0.25, 0.3) is 11.3 Å². The van der Waals surface area contributed by atoms with Crippen LogP contribution in [0, 0.1) is 0 Å². The van der Waals surface area contributed by atoms with Gasteiger partial charge in [-0.3, -0.25) is 4.68 Å². The Hall–Kier alpha value is -1.84. The number of rotatable bonds is 3. The molecule has 78 valence electrons. The summed E-state index contributed by atoms with van der Waals surface area (Å²) in [7, 11) is 1.66. The molecule has 2 aromatic rings. The third kappa shape index (κ3) is 1.83. The molecule has 0 saturated heterocycles. The second-order valence-corrected chi connectivity index (χ2v) is 3.16. The Morgan fingerprint density at radius 1 is 1.33 bits per heavy atom. The number of hydrogen-bond donors (Lipinski definition) is 0. The molecule has 0 saturated carbocycles. The first-order valence-corrected chi connectivity index (χ1v) is 4.88. The molecule has 1 aromatic carbocycles. The van der Waals surface area contributed by atoms with Crippen LogP contribution >= 0.6 is 0 Å². The van der Waals surface area contributed by atoms with E-state index in [1.165, 1.54) is 0 Å². The highest BCUT2D eigenvalue weighted by Gasteiger charge is 2.07. The van der Waals surface area contributed by atoms with Crippen molar-refractivity contribution >= 4 is 0 Å². The van der Waals surface area contributed by atoms with Crippen LogP contribution in [-0.4, -0.2) is 22.1 Å².